The number of nitrogens with one attached hydrogen (secondary N) is 1. The lowest BCUT2D eigenvalue weighted by Crippen LogP contribution is -2.13. The Labute approximate surface area is 168 Å². The van der Waals surface area contributed by atoms with Crippen LogP contribution in [0.15, 0.2) is 64.6 Å². The summed E-state index contributed by atoms with van der Waals surface area (Å²) in [7, 11) is 0. The number of nitro benzene ring substituents is 1. The minimum Gasteiger partial charge on any atom is -0.457 e. The molecule has 9 heteroatoms. The van der Waals surface area contributed by atoms with Crippen LogP contribution in [-0.2, 0) is 4.79 Å². The minimum atomic E-state index is -0.689. The number of rotatable bonds is 5. The van der Waals surface area contributed by atoms with E-state index in [2.05, 4.69) is 5.32 Å². The van der Waals surface area contributed by atoms with E-state index in [1.54, 1.807) is 12.1 Å². The van der Waals surface area contributed by atoms with E-state index in [0.717, 1.165) is 0 Å². The lowest BCUT2D eigenvalue weighted by atomic mass is 10.1. The number of hydrogen-bond donors (Lipinski definition) is 1. The summed E-state index contributed by atoms with van der Waals surface area (Å²) in [5, 5.41) is 22.7. The van der Waals surface area contributed by atoms with Gasteiger partial charge in [0.2, 0.25) is 0 Å². The molecule has 2 aromatic carbocycles. The molecule has 1 heterocycles. The van der Waals surface area contributed by atoms with E-state index in [1.807, 2.05) is 0 Å². The fourth-order valence-electron chi connectivity index (χ4n) is 2.42. The minimum absolute atomic E-state index is 0.124. The molecule has 0 radical (unpaired) electrons. The standard InChI is InChI=1S/C20H11ClFN3O4/c21-18-10-15(25(27)28)5-7-17(18)19-8-6-16(29-19)9-12(11-23)20(26)24-14-3-1-13(22)2-4-14/h1-10H,(H,24,26)/b12-9+. The summed E-state index contributed by atoms with van der Waals surface area (Å²) in [6.07, 6.45) is 1.24. The van der Waals surface area contributed by atoms with Crippen LogP contribution in [0.4, 0.5) is 15.8 Å². The van der Waals surface area contributed by atoms with Gasteiger partial charge in [-0.25, -0.2) is 4.39 Å². The van der Waals surface area contributed by atoms with Crippen molar-refractivity contribution in [2.75, 3.05) is 5.32 Å². The highest BCUT2D eigenvalue weighted by Gasteiger charge is 2.15. The molecule has 0 atom stereocenters. The number of benzene rings is 2. The molecule has 1 N–H and O–H groups in total. The number of nitro groups is 1. The van der Waals surface area contributed by atoms with Crippen LogP contribution in [0.3, 0.4) is 0 Å². The maximum atomic E-state index is 12.9. The molecule has 0 bridgehead atoms. The van der Waals surface area contributed by atoms with Gasteiger partial charge in [-0.3, -0.25) is 14.9 Å². The predicted molar refractivity (Wildman–Crippen MR) is 104 cm³/mol. The number of hydrogen-bond acceptors (Lipinski definition) is 5. The number of furan rings is 1. The van der Waals surface area contributed by atoms with E-state index < -0.39 is 16.6 Å². The molecule has 0 spiro atoms. The Morgan fingerprint density at radius 1 is 1.21 bits per heavy atom. The van der Waals surface area contributed by atoms with Gasteiger partial charge in [0.25, 0.3) is 11.6 Å². The Morgan fingerprint density at radius 3 is 2.55 bits per heavy atom. The van der Waals surface area contributed by atoms with Crippen LogP contribution in [0.1, 0.15) is 5.76 Å². The smallest absolute Gasteiger partial charge is 0.270 e. The summed E-state index contributed by atoms with van der Waals surface area (Å²) in [4.78, 5) is 22.5. The van der Waals surface area contributed by atoms with Crippen molar-refractivity contribution in [2.45, 2.75) is 0 Å². The maximum absolute atomic E-state index is 12.9. The molecular weight excluding hydrogens is 401 g/mol. The predicted octanol–water partition coefficient (Wildman–Crippen LogP) is 5.19. The van der Waals surface area contributed by atoms with Crippen LogP contribution < -0.4 is 5.32 Å². The molecule has 0 fully saturated rings. The second kappa shape index (κ2) is 8.37. The van der Waals surface area contributed by atoms with Gasteiger partial charge in [-0.15, -0.1) is 0 Å². The SMILES string of the molecule is N#C/C(=C\c1ccc(-c2ccc([N+](=O)[O-])cc2Cl)o1)C(=O)Nc1ccc(F)cc1. The van der Waals surface area contributed by atoms with E-state index in [4.69, 9.17) is 16.0 Å². The number of nitrogens with zero attached hydrogens (tertiary/aromatic N) is 2. The van der Waals surface area contributed by atoms with Crippen LogP contribution in [0.25, 0.3) is 17.4 Å². The third-order valence-electron chi connectivity index (χ3n) is 3.81. The van der Waals surface area contributed by atoms with Crippen molar-refractivity contribution in [3.63, 3.8) is 0 Å². The molecular formula is C20H11ClFN3O4. The number of carbonyl (C=O) groups excluding carboxylic acids is 1. The zero-order valence-corrected chi connectivity index (χ0v) is 15.3. The van der Waals surface area contributed by atoms with Crippen LogP contribution in [-0.4, -0.2) is 10.8 Å². The fourth-order valence-corrected chi connectivity index (χ4v) is 2.68. The molecule has 0 aliphatic heterocycles. The van der Waals surface area contributed by atoms with Crippen molar-refractivity contribution in [1.82, 2.24) is 0 Å². The zero-order chi connectivity index (χ0) is 21.0. The molecule has 0 unspecified atom stereocenters. The summed E-state index contributed by atoms with van der Waals surface area (Å²) in [5.41, 5.74) is 0.362. The third-order valence-corrected chi connectivity index (χ3v) is 4.12. The first-order chi connectivity index (χ1) is 13.9. The second-order valence-electron chi connectivity index (χ2n) is 5.75. The van der Waals surface area contributed by atoms with Crippen LogP contribution >= 0.6 is 11.6 Å². The largest absolute Gasteiger partial charge is 0.457 e. The first-order valence-electron chi connectivity index (χ1n) is 8.10. The molecule has 3 rings (SSSR count). The number of nitriles is 1. The number of carbonyl (C=O) groups is 1. The molecule has 3 aromatic rings. The number of halogens is 2. The fraction of sp³-hybridized carbons (Fsp3) is 0. The number of anilines is 1. The molecule has 1 aromatic heterocycles. The monoisotopic (exact) mass is 411 g/mol. The van der Waals surface area contributed by atoms with Crippen LogP contribution in [0.2, 0.25) is 5.02 Å². The topological polar surface area (TPSA) is 109 Å². The highest BCUT2D eigenvalue weighted by molar-refractivity contribution is 6.33. The van der Waals surface area contributed by atoms with E-state index in [-0.39, 0.29) is 22.0 Å². The van der Waals surface area contributed by atoms with E-state index in [1.165, 1.54) is 54.6 Å². The number of amides is 1. The van der Waals surface area contributed by atoms with Crippen molar-refractivity contribution in [3.05, 3.63) is 86.9 Å². The maximum Gasteiger partial charge on any atom is 0.270 e. The van der Waals surface area contributed by atoms with Gasteiger partial charge in [0.1, 0.15) is 29.0 Å². The molecule has 0 saturated heterocycles. The lowest BCUT2D eigenvalue weighted by molar-refractivity contribution is -0.384. The average molecular weight is 412 g/mol. The van der Waals surface area contributed by atoms with Gasteiger partial charge in [-0.05, 0) is 42.5 Å². The Morgan fingerprint density at radius 2 is 1.93 bits per heavy atom. The molecule has 0 saturated carbocycles. The van der Waals surface area contributed by atoms with Gasteiger partial charge < -0.3 is 9.73 Å². The van der Waals surface area contributed by atoms with Crippen molar-refractivity contribution >= 4 is 35.0 Å². The van der Waals surface area contributed by atoms with Gasteiger partial charge >= 0.3 is 0 Å². The molecule has 29 heavy (non-hydrogen) atoms. The molecule has 144 valence electrons. The summed E-state index contributed by atoms with van der Waals surface area (Å²) < 4.78 is 18.5. The molecule has 7 nitrogen and oxygen atoms in total. The van der Waals surface area contributed by atoms with Crippen molar-refractivity contribution in [3.8, 4) is 17.4 Å². The van der Waals surface area contributed by atoms with Crippen molar-refractivity contribution in [2.24, 2.45) is 0 Å². The first-order valence-corrected chi connectivity index (χ1v) is 8.48. The molecule has 0 aliphatic carbocycles. The Balaban J connectivity index is 1.82. The van der Waals surface area contributed by atoms with E-state index in [0.29, 0.717) is 17.0 Å². The summed E-state index contributed by atoms with van der Waals surface area (Å²) in [6.45, 7) is 0. The van der Waals surface area contributed by atoms with Crippen LogP contribution in [0.5, 0.6) is 0 Å². The van der Waals surface area contributed by atoms with Crippen LogP contribution in [0, 0.1) is 27.3 Å². The normalized spacial score (nSPS) is 11.0. The highest BCUT2D eigenvalue weighted by atomic mass is 35.5. The Bertz CT molecular complexity index is 1160. The van der Waals surface area contributed by atoms with Gasteiger partial charge in [-0.1, -0.05) is 11.6 Å². The third kappa shape index (κ3) is 4.66. The van der Waals surface area contributed by atoms with Crippen molar-refractivity contribution < 1.29 is 18.5 Å². The summed E-state index contributed by atoms with van der Waals surface area (Å²) in [6, 6.07) is 13.9. The Hall–Kier alpha value is -3.96. The van der Waals surface area contributed by atoms with E-state index in [9.17, 15) is 24.6 Å². The van der Waals surface area contributed by atoms with E-state index >= 15 is 0 Å². The number of non-ortho nitro benzene ring substituents is 1. The second-order valence-corrected chi connectivity index (χ2v) is 6.16. The molecule has 0 aliphatic rings. The average Bonchev–Trinajstić information content (AvgIpc) is 3.16. The summed E-state index contributed by atoms with van der Waals surface area (Å²) in [5.74, 6) is -0.620. The first kappa shape index (κ1) is 19.8. The quantitative estimate of drug-likeness (QED) is 0.269. The highest BCUT2D eigenvalue weighted by Crippen LogP contribution is 2.32. The summed E-state index contributed by atoms with van der Waals surface area (Å²) >= 11 is 6.08. The molecule has 1 amide bonds. The van der Waals surface area contributed by atoms with Crippen molar-refractivity contribution in [1.29, 1.82) is 5.26 Å². The van der Waals surface area contributed by atoms with Gasteiger partial charge in [0.05, 0.1) is 9.95 Å². The van der Waals surface area contributed by atoms with Gasteiger partial charge in [0, 0.05) is 29.5 Å². The lowest BCUT2D eigenvalue weighted by Gasteiger charge is -2.03. The van der Waals surface area contributed by atoms with Gasteiger partial charge in [-0.2, -0.15) is 5.26 Å². The zero-order valence-electron chi connectivity index (χ0n) is 14.6. The Kier molecular flexibility index (Phi) is 5.71. The van der Waals surface area contributed by atoms with Gasteiger partial charge in [0.15, 0.2) is 0 Å².